The van der Waals surface area contributed by atoms with Gasteiger partial charge in [-0.25, -0.2) is 4.79 Å². The quantitative estimate of drug-likeness (QED) is 0.313. The number of nitrogens with two attached hydrogens (primary N) is 1. The molecule has 6 heteroatoms. The summed E-state index contributed by atoms with van der Waals surface area (Å²) in [6.45, 7) is 8.37. The van der Waals surface area contributed by atoms with Crippen LogP contribution in [0.15, 0.2) is 23.2 Å². The number of hydrogen-bond acceptors (Lipinski definition) is 5. The van der Waals surface area contributed by atoms with Crippen molar-refractivity contribution in [1.29, 1.82) is 0 Å². The maximum atomic E-state index is 12.4. The number of thioether (sulfide) groups is 1. The topological polar surface area (TPSA) is 65.2 Å². The number of rotatable bonds is 8. The number of aromatic nitrogens is 1. The molecule has 0 aliphatic carbocycles. The standard InChI is InChI=1S/C17H30N2O2S2/c1-5-6-11-22-15-8-7-10-19-14(15)13-23(12-9-18)16(20)21-17(2,3)4/h7-8,10,23H,5-6,9,11-13,18H2,1-4H3. The van der Waals surface area contributed by atoms with E-state index in [0.29, 0.717) is 18.1 Å². The molecule has 1 aromatic heterocycles. The Hall–Kier alpha value is -0.720. The van der Waals surface area contributed by atoms with Crippen molar-refractivity contribution in [3.63, 3.8) is 0 Å². The van der Waals surface area contributed by atoms with Crippen molar-refractivity contribution < 1.29 is 9.53 Å². The smallest absolute Gasteiger partial charge is 0.347 e. The van der Waals surface area contributed by atoms with Crippen molar-refractivity contribution in [1.82, 2.24) is 4.98 Å². The van der Waals surface area contributed by atoms with Crippen molar-refractivity contribution in [2.45, 2.75) is 56.8 Å². The van der Waals surface area contributed by atoms with Crippen LogP contribution in [-0.4, -0.2) is 33.9 Å². The van der Waals surface area contributed by atoms with Gasteiger partial charge in [-0.1, -0.05) is 13.3 Å². The van der Waals surface area contributed by atoms with E-state index < -0.39 is 16.5 Å². The summed E-state index contributed by atoms with van der Waals surface area (Å²) in [5.74, 6) is 2.41. The van der Waals surface area contributed by atoms with E-state index in [1.54, 1.807) is 6.20 Å². The Labute approximate surface area is 147 Å². The number of nitrogens with zero attached hydrogens (tertiary/aromatic N) is 1. The molecule has 132 valence electrons. The van der Waals surface area contributed by atoms with Crippen LogP contribution in [0.2, 0.25) is 0 Å². The highest BCUT2D eigenvalue weighted by molar-refractivity contribution is 8.28. The Morgan fingerprint density at radius 1 is 1.43 bits per heavy atom. The SMILES string of the molecule is CCCCSc1cccnc1C[SH](CCN)C(=O)OC(C)(C)C. The van der Waals surface area contributed by atoms with Gasteiger partial charge >= 0.3 is 5.30 Å². The van der Waals surface area contributed by atoms with Crippen LogP contribution in [0.3, 0.4) is 0 Å². The van der Waals surface area contributed by atoms with Crippen molar-refractivity contribution in [2.24, 2.45) is 5.73 Å². The van der Waals surface area contributed by atoms with Gasteiger partial charge in [0.15, 0.2) is 0 Å². The fourth-order valence-electron chi connectivity index (χ4n) is 1.90. The van der Waals surface area contributed by atoms with Crippen LogP contribution in [0.1, 0.15) is 46.2 Å². The third kappa shape index (κ3) is 8.08. The van der Waals surface area contributed by atoms with Crippen LogP contribution in [-0.2, 0) is 10.5 Å². The molecule has 0 aliphatic heterocycles. The Kier molecular flexibility index (Phi) is 9.02. The van der Waals surface area contributed by atoms with Gasteiger partial charge in [-0.05, 0) is 50.8 Å². The average molecular weight is 359 g/mol. The van der Waals surface area contributed by atoms with Gasteiger partial charge in [0, 0.05) is 23.4 Å². The predicted molar refractivity (Wildman–Crippen MR) is 103 cm³/mol. The largest absolute Gasteiger partial charge is 0.453 e. The van der Waals surface area contributed by atoms with Gasteiger partial charge in [-0.2, -0.15) is 0 Å². The van der Waals surface area contributed by atoms with Crippen molar-refractivity contribution >= 4 is 28.0 Å². The zero-order chi connectivity index (χ0) is 17.3. The lowest BCUT2D eigenvalue weighted by molar-refractivity contribution is 0.0733. The molecule has 0 aromatic carbocycles. The summed E-state index contributed by atoms with van der Waals surface area (Å²) in [5.41, 5.74) is 6.24. The Morgan fingerprint density at radius 3 is 2.78 bits per heavy atom. The normalized spacial score (nSPS) is 13.7. The highest BCUT2D eigenvalue weighted by Gasteiger charge is 2.23. The molecule has 0 saturated carbocycles. The number of ether oxygens (including phenoxy) is 1. The summed E-state index contributed by atoms with van der Waals surface area (Å²) in [6, 6.07) is 4.05. The van der Waals surface area contributed by atoms with E-state index in [4.69, 9.17) is 10.5 Å². The first-order valence-electron chi connectivity index (χ1n) is 8.12. The monoisotopic (exact) mass is 358 g/mol. The summed E-state index contributed by atoms with van der Waals surface area (Å²) >= 11 is 1.82. The second-order valence-corrected chi connectivity index (χ2v) is 9.69. The molecule has 0 spiro atoms. The van der Waals surface area contributed by atoms with Crippen LogP contribution >= 0.6 is 22.7 Å². The molecule has 0 fully saturated rings. The summed E-state index contributed by atoms with van der Waals surface area (Å²) in [5, 5.41) is -0.117. The molecule has 0 saturated heterocycles. The number of pyridine rings is 1. The van der Waals surface area contributed by atoms with Crippen LogP contribution < -0.4 is 5.73 Å². The molecule has 1 rings (SSSR count). The van der Waals surface area contributed by atoms with Gasteiger partial charge in [0.25, 0.3) is 0 Å². The second kappa shape index (κ2) is 10.2. The Bertz CT molecular complexity index is 490. The first-order chi connectivity index (χ1) is 10.9. The summed E-state index contributed by atoms with van der Waals surface area (Å²) in [4.78, 5) is 18.1. The van der Waals surface area contributed by atoms with E-state index in [1.165, 1.54) is 17.7 Å². The van der Waals surface area contributed by atoms with Gasteiger partial charge in [0.05, 0.1) is 5.69 Å². The van der Waals surface area contributed by atoms with Gasteiger partial charge < -0.3 is 10.5 Å². The van der Waals surface area contributed by atoms with Gasteiger partial charge in [-0.3, -0.25) is 4.98 Å². The summed E-state index contributed by atoms with van der Waals surface area (Å²) in [7, 11) is -0.959. The van der Waals surface area contributed by atoms with Crippen molar-refractivity contribution in [3.8, 4) is 0 Å². The lowest BCUT2D eigenvalue weighted by Crippen LogP contribution is -2.25. The molecule has 0 bridgehead atoms. The van der Waals surface area contributed by atoms with E-state index >= 15 is 0 Å². The lowest BCUT2D eigenvalue weighted by Gasteiger charge is -2.26. The molecule has 0 aliphatic rings. The first-order valence-corrected chi connectivity index (χ1v) is 10.8. The molecule has 0 radical (unpaired) electrons. The maximum Gasteiger partial charge on any atom is 0.347 e. The molecule has 2 N–H and O–H groups in total. The van der Waals surface area contributed by atoms with Crippen molar-refractivity contribution in [3.05, 3.63) is 24.0 Å². The van der Waals surface area contributed by atoms with Gasteiger partial charge in [0.2, 0.25) is 0 Å². The number of unbranched alkanes of at least 4 members (excludes halogenated alkanes) is 1. The molecule has 1 heterocycles. The molecular formula is C17H30N2O2S2. The number of carbonyl (C=O) groups is 1. The molecule has 1 unspecified atom stereocenters. The highest BCUT2D eigenvalue weighted by Crippen LogP contribution is 2.36. The minimum absolute atomic E-state index is 0.117. The lowest BCUT2D eigenvalue weighted by atomic mass is 10.2. The minimum Gasteiger partial charge on any atom is -0.453 e. The minimum atomic E-state index is -0.959. The predicted octanol–water partition coefficient (Wildman–Crippen LogP) is 4.37. The molecule has 1 atom stereocenters. The van der Waals surface area contributed by atoms with Crippen molar-refractivity contribution in [2.75, 3.05) is 18.1 Å². The van der Waals surface area contributed by atoms with Gasteiger partial charge in [0.1, 0.15) is 5.60 Å². The highest BCUT2D eigenvalue weighted by atomic mass is 32.2. The number of carbonyl (C=O) groups excluding carboxylic acids is 1. The number of thiol groups is 1. The maximum absolute atomic E-state index is 12.4. The van der Waals surface area contributed by atoms with E-state index in [9.17, 15) is 4.79 Å². The second-order valence-electron chi connectivity index (χ2n) is 6.34. The van der Waals surface area contributed by atoms with Gasteiger partial charge in [-0.15, -0.1) is 22.7 Å². The van der Waals surface area contributed by atoms with Crippen LogP contribution in [0.5, 0.6) is 0 Å². The van der Waals surface area contributed by atoms with Crippen LogP contribution in [0.25, 0.3) is 0 Å². The Morgan fingerprint density at radius 2 is 2.17 bits per heavy atom. The molecule has 0 amide bonds. The zero-order valence-corrected chi connectivity index (χ0v) is 16.4. The third-order valence-corrected chi connectivity index (χ3v) is 6.26. The summed E-state index contributed by atoms with van der Waals surface area (Å²) in [6.07, 6.45) is 4.16. The molecular weight excluding hydrogens is 328 g/mol. The average Bonchev–Trinajstić information content (AvgIpc) is 2.47. The number of hydrogen-bond donors (Lipinski definition) is 2. The molecule has 4 nitrogen and oxygen atoms in total. The first kappa shape index (κ1) is 20.3. The Balaban J connectivity index is 2.81. The molecule has 1 aromatic rings. The molecule has 23 heavy (non-hydrogen) atoms. The third-order valence-electron chi connectivity index (χ3n) is 3.00. The van der Waals surface area contributed by atoms with E-state index in [0.717, 1.165) is 11.4 Å². The van der Waals surface area contributed by atoms with E-state index in [-0.39, 0.29) is 5.30 Å². The van der Waals surface area contributed by atoms with E-state index in [1.807, 2.05) is 38.6 Å². The summed E-state index contributed by atoms with van der Waals surface area (Å²) < 4.78 is 5.56. The fraction of sp³-hybridized carbons (Fsp3) is 0.647. The van der Waals surface area contributed by atoms with E-state index in [2.05, 4.69) is 18.0 Å². The fourth-order valence-corrected chi connectivity index (χ4v) is 4.92. The van der Waals surface area contributed by atoms with Crippen LogP contribution in [0.4, 0.5) is 4.79 Å². The van der Waals surface area contributed by atoms with Crippen LogP contribution in [0, 0.1) is 0 Å². The zero-order valence-electron chi connectivity index (χ0n) is 14.7.